The van der Waals surface area contributed by atoms with E-state index in [0.717, 1.165) is 36.0 Å². The highest BCUT2D eigenvalue weighted by atomic mass is 79.9. The van der Waals surface area contributed by atoms with Crippen LogP contribution in [0.2, 0.25) is 0 Å². The van der Waals surface area contributed by atoms with E-state index >= 15 is 0 Å². The van der Waals surface area contributed by atoms with Crippen molar-refractivity contribution in [1.82, 2.24) is 10.2 Å². The lowest BCUT2D eigenvalue weighted by Gasteiger charge is -2.13. The second-order valence-electron chi connectivity index (χ2n) is 4.03. The van der Waals surface area contributed by atoms with Crippen LogP contribution in [0.5, 0.6) is 0 Å². The molecule has 90 valence electrons. The van der Waals surface area contributed by atoms with E-state index in [9.17, 15) is 4.79 Å². The predicted molar refractivity (Wildman–Crippen MR) is 72.5 cm³/mol. The number of carbonyl (C=O) groups is 1. The van der Waals surface area contributed by atoms with E-state index in [1.165, 1.54) is 0 Å². The minimum atomic E-state index is -0.00383. The molecule has 0 spiro atoms. The molecule has 2 amide bonds. The van der Waals surface area contributed by atoms with Gasteiger partial charge in [-0.2, -0.15) is 0 Å². The summed E-state index contributed by atoms with van der Waals surface area (Å²) in [5.74, 6) is 0. The summed E-state index contributed by atoms with van der Waals surface area (Å²) < 4.78 is 1.05. The lowest BCUT2D eigenvalue weighted by molar-refractivity contribution is 0.212. The highest BCUT2D eigenvalue weighted by molar-refractivity contribution is 9.10. The maximum absolute atomic E-state index is 11.6. The molecule has 4 heteroatoms. The lowest BCUT2D eigenvalue weighted by Crippen LogP contribution is -2.34. The zero-order valence-electron chi connectivity index (χ0n) is 9.53. The van der Waals surface area contributed by atoms with Gasteiger partial charge in [0.15, 0.2) is 0 Å². The fourth-order valence-corrected chi connectivity index (χ4v) is 2.06. The van der Waals surface area contributed by atoms with Gasteiger partial charge in [-0.15, -0.1) is 0 Å². The molecule has 1 fully saturated rings. The number of likely N-dealkylation sites (tertiary alicyclic amines) is 1. The lowest BCUT2D eigenvalue weighted by atomic mass is 10.2. The van der Waals surface area contributed by atoms with E-state index in [2.05, 4.69) is 21.2 Å². The van der Waals surface area contributed by atoms with E-state index in [1.54, 1.807) is 6.20 Å². The van der Waals surface area contributed by atoms with Gasteiger partial charge in [-0.25, -0.2) is 4.79 Å². The number of hydrogen-bond acceptors (Lipinski definition) is 1. The number of amides is 2. The zero-order valence-corrected chi connectivity index (χ0v) is 11.1. The summed E-state index contributed by atoms with van der Waals surface area (Å²) in [5.41, 5.74) is 1.06. The first kappa shape index (κ1) is 12.2. The monoisotopic (exact) mass is 294 g/mol. The van der Waals surface area contributed by atoms with Crippen LogP contribution in [0, 0.1) is 0 Å². The molecule has 1 heterocycles. The number of nitrogens with zero attached hydrogens (tertiary/aromatic N) is 1. The van der Waals surface area contributed by atoms with Gasteiger partial charge in [-0.05, 0) is 36.6 Å². The Morgan fingerprint density at radius 2 is 1.88 bits per heavy atom. The van der Waals surface area contributed by atoms with E-state index in [4.69, 9.17) is 0 Å². The van der Waals surface area contributed by atoms with Crippen molar-refractivity contribution in [2.45, 2.75) is 12.8 Å². The summed E-state index contributed by atoms with van der Waals surface area (Å²) in [6, 6.07) is 7.92. The number of urea groups is 1. The summed E-state index contributed by atoms with van der Waals surface area (Å²) in [5, 5.41) is 2.78. The molecular weight excluding hydrogens is 280 g/mol. The molecule has 0 radical (unpaired) electrons. The first-order valence-electron chi connectivity index (χ1n) is 5.73. The average Bonchev–Trinajstić information content (AvgIpc) is 2.85. The number of rotatable bonds is 2. The summed E-state index contributed by atoms with van der Waals surface area (Å²) >= 11 is 3.38. The third kappa shape index (κ3) is 3.60. The Hall–Kier alpha value is -1.29. The molecule has 1 aromatic carbocycles. The molecule has 0 aromatic heterocycles. The maximum atomic E-state index is 11.6. The Bertz CT molecular complexity index is 408. The average molecular weight is 295 g/mol. The number of hydrogen-bond donors (Lipinski definition) is 1. The maximum Gasteiger partial charge on any atom is 0.321 e. The first-order chi connectivity index (χ1) is 8.25. The Morgan fingerprint density at radius 1 is 1.24 bits per heavy atom. The van der Waals surface area contributed by atoms with Gasteiger partial charge in [-0.1, -0.05) is 28.1 Å². The third-order valence-electron chi connectivity index (χ3n) is 2.75. The van der Waals surface area contributed by atoms with Crippen LogP contribution in [-0.4, -0.2) is 24.0 Å². The van der Waals surface area contributed by atoms with Gasteiger partial charge in [0.2, 0.25) is 0 Å². The summed E-state index contributed by atoms with van der Waals surface area (Å²) in [6.45, 7) is 1.75. The Morgan fingerprint density at radius 3 is 2.53 bits per heavy atom. The smallest absolute Gasteiger partial charge is 0.321 e. The topological polar surface area (TPSA) is 32.3 Å². The fourth-order valence-electron chi connectivity index (χ4n) is 1.79. The molecule has 1 aliphatic heterocycles. The van der Waals surface area contributed by atoms with E-state index in [0.29, 0.717) is 0 Å². The Kier molecular flexibility index (Phi) is 4.20. The highest BCUT2D eigenvalue weighted by Gasteiger charge is 2.15. The normalized spacial score (nSPS) is 15.5. The summed E-state index contributed by atoms with van der Waals surface area (Å²) in [4.78, 5) is 13.5. The van der Waals surface area contributed by atoms with Gasteiger partial charge in [0.05, 0.1) is 0 Å². The van der Waals surface area contributed by atoms with Crippen molar-refractivity contribution in [2.24, 2.45) is 0 Å². The predicted octanol–water partition coefficient (Wildman–Crippen LogP) is 3.23. The Balaban J connectivity index is 1.84. The minimum Gasteiger partial charge on any atom is -0.325 e. The summed E-state index contributed by atoms with van der Waals surface area (Å²) in [7, 11) is 0. The standard InChI is InChI=1S/C13H15BrN2O/c14-12-5-3-11(4-6-12)7-8-15-13(17)16-9-1-2-10-16/h3-8H,1-2,9-10H2,(H,15,17)/b8-7+. The van der Waals surface area contributed by atoms with Gasteiger partial charge in [0.25, 0.3) is 0 Å². The van der Waals surface area contributed by atoms with Crippen LogP contribution in [0.1, 0.15) is 18.4 Å². The van der Waals surface area contributed by atoms with Crippen LogP contribution >= 0.6 is 15.9 Å². The van der Waals surface area contributed by atoms with Crippen molar-refractivity contribution in [1.29, 1.82) is 0 Å². The molecule has 3 nitrogen and oxygen atoms in total. The molecule has 0 aliphatic carbocycles. The van der Waals surface area contributed by atoms with Crippen molar-refractivity contribution < 1.29 is 4.79 Å². The van der Waals surface area contributed by atoms with Gasteiger partial charge in [0.1, 0.15) is 0 Å². The van der Waals surface area contributed by atoms with Crippen LogP contribution < -0.4 is 5.32 Å². The molecule has 1 saturated heterocycles. The Labute approximate surface area is 110 Å². The largest absolute Gasteiger partial charge is 0.325 e. The second kappa shape index (κ2) is 5.87. The first-order valence-corrected chi connectivity index (χ1v) is 6.52. The number of halogens is 1. The van der Waals surface area contributed by atoms with Crippen LogP contribution in [-0.2, 0) is 0 Å². The van der Waals surface area contributed by atoms with E-state index < -0.39 is 0 Å². The minimum absolute atomic E-state index is 0.00383. The van der Waals surface area contributed by atoms with E-state index in [1.807, 2.05) is 35.2 Å². The number of benzene rings is 1. The fraction of sp³-hybridized carbons (Fsp3) is 0.308. The second-order valence-corrected chi connectivity index (χ2v) is 4.94. The molecule has 1 aliphatic rings. The van der Waals surface area contributed by atoms with Crippen molar-refractivity contribution >= 4 is 28.0 Å². The molecule has 0 unspecified atom stereocenters. The van der Waals surface area contributed by atoms with Crippen LogP contribution in [0.25, 0.3) is 6.08 Å². The molecule has 1 N–H and O–H groups in total. The molecule has 2 rings (SSSR count). The SMILES string of the molecule is O=C(N/C=C/c1ccc(Br)cc1)N1CCCC1. The quantitative estimate of drug-likeness (QED) is 0.892. The highest BCUT2D eigenvalue weighted by Crippen LogP contribution is 2.11. The molecule has 1 aromatic rings. The zero-order chi connectivity index (χ0) is 12.1. The van der Waals surface area contributed by atoms with Gasteiger partial charge in [-0.3, -0.25) is 0 Å². The van der Waals surface area contributed by atoms with Crippen molar-refractivity contribution in [3.63, 3.8) is 0 Å². The van der Waals surface area contributed by atoms with Gasteiger partial charge < -0.3 is 10.2 Å². The third-order valence-corrected chi connectivity index (χ3v) is 3.27. The molecule has 17 heavy (non-hydrogen) atoms. The van der Waals surface area contributed by atoms with E-state index in [-0.39, 0.29) is 6.03 Å². The molecule has 0 saturated carbocycles. The molecular formula is C13H15BrN2O. The summed E-state index contributed by atoms with van der Waals surface area (Å²) in [6.07, 6.45) is 5.82. The number of nitrogens with one attached hydrogen (secondary N) is 1. The number of carbonyl (C=O) groups excluding carboxylic acids is 1. The van der Waals surface area contributed by atoms with Crippen molar-refractivity contribution in [2.75, 3.05) is 13.1 Å². The van der Waals surface area contributed by atoms with Crippen molar-refractivity contribution in [3.8, 4) is 0 Å². The van der Waals surface area contributed by atoms with Gasteiger partial charge >= 0.3 is 6.03 Å². The van der Waals surface area contributed by atoms with Gasteiger partial charge in [0, 0.05) is 23.8 Å². The molecule has 0 atom stereocenters. The van der Waals surface area contributed by atoms with Crippen molar-refractivity contribution in [3.05, 3.63) is 40.5 Å². The van der Waals surface area contributed by atoms with Crippen LogP contribution in [0.3, 0.4) is 0 Å². The molecule has 0 bridgehead atoms. The van der Waals surface area contributed by atoms with Crippen LogP contribution in [0.4, 0.5) is 4.79 Å². The van der Waals surface area contributed by atoms with Crippen LogP contribution in [0.15, 0.2) is 34.9 Å².